The van der Waals surface area contributed by atoms with Gasteiger partial charge in [0.25, 0.3) is 0 Å². The third-order valence-electron chi connectivity index (χ3n) is 25.4. The molecule has 2 unspecified atom stereocenters. The first-order valence-corrected chi connectivity index (χ1v) is 39.2. The minimum absolute atomic E-state index is 0.0159. The molecule has 9 fully saturated rings. The average Bonchev–Trinajstić information content (AvgIpc) is 0.846. The molecule has 13 aliphatic rings. The zero-order valence-corrected chi connectivity index (χ0v) is 61.3. The first-order valence-electron chi connectivity index (χ1n) is 39.2. The number of carbonyl (C=O) groups is 5. The lowest BCUT2D eigenvalue weighted by atomic mass is 9.79. The number of hydrogen-bond acceptors (Lipinski definition) is 17. The highest BCUT2D eigenvalue weighted by Crippen LogP contribution is 2.50. The van der Waals surface area contributed by atoms with E-state index in [1.165, 1.54) is 69.8 Å². The monoisotopic (exact) mass is 1430 g/mol. The lowest BCUT2D eigenvalue weighted by Crippen LogP contribution is -2.53. The van der Waals surface area contributed by atoms with Crippen molar-refractivity contribution in [3.8, 4) is 12.3 Å². The van der Waals surface area contributed by atoms with E-state index in [0.29, 0.717) is 44.4 Å². The number of ether oxygens (including phenoxy) is 8. The van der Waals surface area contributed by atoms with Crippen LogP contribution in [0.1, 0.15) is 183 Å². The second kappa shape index (κ2) is 32.7. The molecule has 3 aliphatic carbocycles. The molecule has 6 saturated heterocycles. The molecule has 3 N–H and O–H groups in total. The molecule has 22 heteroatoms. The van der Waals surface area contributed by atoms with Gasteiger partial charge in [-0.1, -0.05) is 124 Å². The van der Waals surface area contributed by atoms with Gasteiger partial charge in [0.1, 0.15) is 22.4 Å². The van der Waals surface area contributed by atoms with Crippen LogP contribution in [0, 0.1) is 18.3 Å². The SMILES string of the molecule is C#CCOC(=O)N1CCC(N2CCC3(CC2)OC(=O)Nc2ccccc23)CC1.CC1CCCCC1N1CCC2(CC1)OC(=O)Nc1ccccc12.COCCN1C(=O)OC2(CCN(C3CCCCCC3)CC2)c2ccccc21.O=C1Nc2ccccc2C2(CCN(C3CCC4(CC3)OCCO4)CC2)O1. The molecule has 560 valence electrons. The van der Waals surface area contributed by atoms with E-state index < -0.39 is 22.4 Å². The lowest BCUT2D eigenvalue weighted by molar-refractivity contribution is -0.185. The van der Waals surface area contributed by atoms with Crippen molar-refractivity contribution in [2.75, 3.05) is 126 Å². The highest BCUT2D eigenvalue weighted by atomic mass is 16.7. The molecule has 0 radical (unpaired) electrons. The number of nitrogens with zero attached hydrogens (tertiary/aromatic N) is 6. The summed E-state index contributed by atoms with van der Waals surface area (Å²) >= 11 is 0. The summed E-state index contributed by atoms with van der Waals surface area (Å²) in [5.41, 5.74) is 6.28. The van der Waals surface area contributed by atoms with Crippen molar-refractivity contribution in [2.45, 2.75) is 213 Å². The van der Waals surface area contributed by atoms with Crippen LogP contribution in [0.2, 0.25) is 0 Å². The Labute approximate surface area is 614 Å². The van der Waals surface area contributed by atoms with Crippen LogP contribution in [0.3, 0.4) is 0 Å². The number of methoxy groups -OCH3 is 1. The number of carbonyl (C=O) groups excluding carboxylic acids is 5. The van der Waals surface area contributed by atoms with Gasteiger partial charge in [-0.25, -0.2) is 24.0 Å². The van der Waals surface area contributed by atoms with Crippen LogP contribution >= 0.6 is 0 Å². The number of fused-ring (bicyclic) bond motifs is 8. The second-order valence-corrected chi connectivity index (χ2v) is 31.1. The van der Waals surface area contributed by atoms with E-state index in [4.69, 9.17) is 44.3 Å². The molecular formula is C82H109N9O13. The van der Waals surface area contributed by atoms with Gasteiger partial charge in [-0.3, -0.25) is 30.7 Å². The van der Waals surface area contributed by atoms with Gasteiger partial charge in [0, 0.05) is 183 Å². The number of hydrogen-bond donors (Lipinski definition) is 3. The summed E-state index contributed by atoms with van der Waals surface area (Å²) in [5.74, 6) is 2.82. The topological polar surface area (TPSA) is 215 Å². The highest BCUT2D eigenvalue weighted by molar-refractivity contribution is 5.92. The average molecular weight is 1430 g/mol. The fourth-order valence-electron chi connectivity index (χ4n) is 19.7. The number of terminal acetylenes is 1. The van der Waals surface area contributed by atoms with Crippen LogP contribution in [-0.2, 0) is 60.3 Å². The minimum Gasteiger partial charge on any atom is -0.438 e. The van der Waals surface area contributed by atoms with Gasteiger partial charge in [-0.05, 0) is 81.5 Å². The van der Waals surface area contributed by atoms with Crippen LogP contribution in [0.4, 0.5) is 46.7 Å². The van der Waals surface area contributed by atoms with Crippen LogP contribution in [0.15, 0.2) is 97.1 Å². The Kier molecular flexibility index (Phi) is 23.1. The standard InChI is InChI=1S/C22H32N2O3.C21H25N3O4.C20H26N2O4.C19H26N2O2/c1-26-17-16-24-20-11-7-6-10-19(20)22(27-21(24)25)12-14-23(15-13-22)18-8-4-2-3-5-9-18;1-2-15-27-20(26)24-11-7-16(8-12-24)23-13-9-21(10-14-23)17-5-3-4-6-18(17)22-19(25)28-21;23-18-21-17-4-2-1-3-16(17)19(26-18)9-11-22(12-10-19)15-5-7-20(8-6-15)24-13-14-25-20;1-14-6-2-5-9-17(14)21-12-10-19(11-13-21)15-7-3-4-8-16(15)20-18(22)23-19/h6-7,10-11,18H,2-5,8-9,12-17H2,1H3;1,3-6,16H,7-15H2,(H,22,25);1-4,15H,5-14H2,(H,21,23);3-4,7-8,14,17H,2,5-6,9-13H2,1H3,(H,20,22). The Morgan fingerprint density at radius 1 is 0.481 bits per heavy atom. The van der Waals surface area contributed by atoms with Crippen molar-refractivity contribution < 1.29 is 61.9 Å². The zero-order valence-electron chi connectivity index (χ0n) is 61.3. The summed E-state index contributed by atoms with van der Waals surface area (Å²) in [6, 6.07) is 34.7. The van der Waals surface area contributed by atoms with E-state index >= 15 is 0 Å². The van der Waals surface area contributed by atoms with Gasteiger partial charge >= 0.3 is 30.5 Å². The van der Waals surface area contributed by atoms with Gasteiger partial charge in [0.15, 0.2) is 12.4 Å². The Bertz CT molecular complexity index is 3650. The number of anilines is 4. The maximum absolute atomic E-state index is 12.8. The molecule has 22 nitrogen and oxygen atoms in total. The van der Waals surface area contributed by atoms with Crippen LogP contribution in [0.25, 0.3) is 0 Å². The summed E-state index contributed by atoms with van der Waals surface area (Å²) in [4.78, 5) is 74.6. The van der Waals surface area contributed by atoms with Gasteiger partial charge < -0.3 is 52.6 Å². The van der Waals surface area contributed by atoms with E-state index in [0.717, 1.165) is 207 Å². The Morgan fingerprint density at radius 3 is 1.35 bits per heavy atom. The van der Waals surface area contributed by atoms with E-state index in [-0.39, 0.29) is 42.9 Å². The van der Waals surface area contributed by atoms with E-state index in [2.05, 4.69) is 72.7 Å². The number of para-hydroxylation sites is 4. The predicted octanol–water partition coefficient (Wildman–Crippen LogP) is 14.4. The van der Waals surface area contributed by atoms with Gasteiger partial charge in [0.05, 0.1) is 49.1 Å². The lowest BCUT2D eigenvalue weighted by Gasteiger charge is -2.48. The third kappa shape index (κ3) is 16.0. The molecule has 5 amide bonds. The number of benzene rings is 4. The summed E-state index contributed by atoms with van der Waals surface area (Å²) in [7, 11) is 1.66. The molecule has 4 aromatic rings. The molecular weight excluding hydrogens is 1320 g/mol. The van der Waals surface area contributed by atoms with Crippen LogP contribution < -0.4 is 20.9 Å². The molecule has 0 aromatic heterocycles. The Morgan fingerprint density at radius 2 is 0.885 bits per heavy atom. The van der Waals surface area contributed by atoms with E-state index in [9.17, 15) is 24.0 Å². The number of rotatable bonds is 8. The quantitative estimate of drug-likeness (QED) is 0.0849. The Balaban J connectivity index is 0.000000117. The number of nitrogens with one attached hydrogen (secondary N) is 3. The molecule has 17 rings (SSSR count). The number of piperidine rings is 5. The Hall–Kier alpha value is -7.49. The molecule has 2 atom stereocenters. The van der Waals surface area contributed by atoms with Gasteiger partial charge in [-0.2, -0.15) is 0 Å². The summed E-state index contributed by atoms with van der Waals surface area (Å²) in [6.07, 6.45) is 30.0. The molecule has 4 aromatic carbocycles. The predicted molar refractivity (Wildman–Crippen MR) is 396 cm³/mol. The van der Waals surface area contributed by atoms with Crippen molar-refractivity contribution in [1.82, 2.24) is 24.5 Å². The minimum atomic E-state index is -0.533. The van der Waals surface area contributed by atoms with Crippen molar-refractivity contribution in [2.24, 2.45) is 5.92 Å². The first kappa shape index (κ1) is 73.4. The summed E-state index contributed by atoms with van der Waals surface area (Å²) in [5, 5.41) is 8.47. The van der Waals surface area contributed by atoms with Crippen LogP contribution in [0.5, 0.6) is 0 Å². The molecule has 0 bridgehead atoms. The van der Waals surface area contributed by atoms with Crippen molar-refractivity contribution in [3.05, 3.63) is 119 Å². The maximum atomic E-state index is 12.8. The molecule has 3 saturated carbocycles. The maximum Gasteiger partial charge on any atom is 0.415 e. The second-order valence-electron chi connectivity index (χ2n) is 31.1. The van der Waals surface area contributed by atoms with Crippen molar-refractivity contribution in [1.29, 1.82) is 0 Å². The number of amides is 5. The summed E-state index contributed by atoms with van der Waals surface area (Å²) < 4.78 is 45.5. The molecule has 10 heterocycles. The van der Waals surface area contributed by atoms with E-state index in [1.54, 1.807) is 16.9 Å². The third-order valence-corrected chi connectivity index (χ3v) is 25.4. The zero-order chi connectivity index (χ0) is 71.7. The normalized spacial score (nSPS) is 25.8. The highest BCUT2D eigenvalue weighted by Gasteiger charge is 2.52. The van der Waals surface area contributed by atoms with Crippen molar-refractivity contribution in [3.63, 3.8) is 0 Å². The van der Waals surface area contributed by atoms with Gasteiger partial charge in [0.2, 0.25) is 0 Å². The largest absolute Gasteiger partial charge is 0.438 e. The van der Waals surface area contributed by atoms with Crippen molar-refractivity contribution >= 4 is 53.2 Å². The molecule has 10 aliphatic heterocycles. The van der Waals surface area contributed by atoms with Crippen LogP contribution in [-0.4, -0.2) is 190 Å². The smallest absolute Gasteiger partial charge is 0.415 e. The number of likely N-dealkylation sites (tertiary alicyclic amines) is 5. The summed E-state index contributed by atoms with van der Waals surface area (Å²) in [6.45, 7) is 14.0. The first-order chi connectivity index (χ1) is 50.7. The molecule has 5 spiro atoms. The van der Waals surface area contributed by atoms with Gasteiger partial charge in [-0.15, -0.1) is 6.42 Å². The van der Waals surface area contributed by atoms with E-state index in [1.807, 2.05) is 72.8 Å². The fourth-order valence-corrected chi connectivity index (χ4v) is 19.7. The molecule has 104 heavy (non-hydrogen) atoms. The fraction of sp³-hybridized carbons (Fsp3) is 0.622.